The Bertz CT molecular complexity index is 1070. The highest BCUT2D eigenvalue weighted by Gasteiger charge is 2.09. The van der Waals surface area contributed by atoms with Crippen LogP contribution in [0.1, 0.15) is 11.1 Å². The lowest BCUT2D eigenvalue weighted by Gasteiger charge is -2.10. The molecule has 0 unspecified atom stereocenters. The molecule has 0 bridgehead atoms. The van der Waals surface area contributed by atoms with Crippen LogP contribution in [0.4, 0.5) is 0 Å². The van der Waals surface area contributed by atoms with Crippen molar-refractivity contribution in [2.24, 2.45) is 0 Å². The highest BCUT2D eigenvalue weighted by molar-refractivity contribution is 5.80. The molecule has 0 saturated heterocycles. The summed E-state index contributed by atoms with van der Waals surface area (Å²) in [5.74, 6) is 1.75. The van der Waals surface area contributed by atoms with Crippen molar-refractivity contribution in [3.05, 3.63) is 63.9 Å². The summed E-state index contributed by atoms with van der Waals surface area (Å²) >= 11 is 0. The SMILES string of the molecule is COc1ccc2cc(CCNC(=O)Cc3ccc(OC)c(OC)c3)c(=O)[nH]c2c1. The van der Waals surface area contributed by atoms with Crippen LogP contribution in [0, 0.1) is 0 Å². The zero-order chi connectivity index (χ0) is 20.8. The molecule has 7 nitrogen and oxygen atoms in total. The van der Waals surface area contributed by atoms with Crippen LogP contribution in [0.2, 0.25) is 0 Å². The van der Waals surface area contributed by atoms with Gasteiger partial charge in [0.05, 0.1) is 33.3 Å². The van der Waals surface area contributed by atoms with Gasteiger partial charge in [0, 0.05) is 18.2 Å². The van der Waals surface area contributed by atoms with Crippen LogP contribution in [0.5, 0.6) is 17.2 Å². The topological polar surface area (TPSA) is 89.7 Å². The number of methoxy groups -OCH3 is 3. The number of rotatable bonds is 8. The second kappa shape index (κ2) is 9.14. The Hall–Kier alpha value is -3.48. The van der Waals surface area contributed by atoms with E-state index in [1.807, 2.05) is 24.3 Å². The predicted molar refractivity (Wildman–Crippen MR) is 111 cm³/mol. The molecule has 29 heavy (non-hydrogen) atoms. The van der Waals surface area contributed by atoms with E-state index in [9.17, 15) is 9.59 Å². The first-order valence-corrected chi connectivity index (χ1v) is 9.21. The maximum Gasteiger partial charge on any atom is 0.251 e. The van der Waals surface area contributed by atoms with Crippen LogP contribution < -0.4 is 25.1 Å². The van der Waals surface area contributed by atoms with Gasteiger partial charge in [-0.05, 0) is 47.7 Å². The largest absolute Gasteiger partial charge is 0.497 e. The van der Waals surface area contributed by atoms with Gasteiger partial charge in [0.15, 0.2) is 11.5 Å². The number of carbonyl (C=O) groups is 1. The summed E-state index contributed by atoms with van der Waals surface area (Å²) in [6.45, 7) is 0.372. The van der Waals surface area contributed by atoms with Crippen LogP contribution in [0.3, 0.4) is 0 Å². The molecule has 2 N–H and O–H groups in total. The summed E-state index contributed by atoms with van der Waals surface area (Å²) < 4.78 is 15.6. The van der Waals surface area contributed by atoms with E-state index in [2.05, 4.69) is 10.3 Å². The van der Waals surface area contributed by atoms with Crippen molar-refractivity contribution in [3.8, 4) is 17.2 Å². The molecule has 0 saturated carbocycles. The van der Waals surface area contributed by atoms with E-state index in [0.717, 1.165) is 16.5 Å². The van der Waals surface area contributed by atoms with Gasteiger partial charge in [0.1, 0.15) is 5.75 Å². The second-order valence-corrected chi connectivity index (χ2v) is 6.54. The summed E-state index contributed by atoms with van der Waals surface area (Å²) in [5.41, 5.74) is 1.99. The molecule has 1 heterocycles. The number of aromatic amines is 1. The average molecular weight is 396 g/mol. The third-order valence-corrected chi connectivity index (χ3v) is 4.66. The summed E-state index contributed by atoms with van der Waals surface area (Å²) in [6.07, 6.45) is 0.656. The van der Waals surface area contributed by atoms with Crippen molar-refractivity contribution in [1.82, 2.24) is 10.3 Å². The van der Waals surface area contributed by atoms with Gasteiger partial charge in [-0.15, -0.1) is 0 Å². The van der Waals surface area contributed by atoms with Crippen LogP contribution in [0.15, 0.2) is 47.3 Å². The Morgan fingerprint density at radius 3 is 2.48 bits per heavy atom. The number of pyridine rings is 1. The second-order valence-electron chi connectivity index (χ2n) is 6.54. The standard InChI is InChI=1S/C22H24N2O5/c1-27-17-6-5-15-12-16(22(26)24-18(15)13-17)8-9-23-21(25)11-14-4-7-19(28-2)20(10-14)29-3/h4-7,10,12-13H,8-9,11H2,1-3H3,(H,23,25)(H,24,26). The number of benzene rings is 2. The Kier molecular flexibility index (Phi) is 6.39. The van der Waals surface area contributed by atoms with E-state index in [4.69, 9.17) is 14.2 Å². The van der Waals surface area contributed by atoms with Gasteiger partial charge in [-0.25, -0.2) is 0 Å². The molecule has 152 valence electrons. The molecule has 0 radical (unpaired) electrons. The molecule has 0 spiro atoms. The molecule has 1 amide bonds. The number of aromatic nitrogens is 1. The summed E-state index contributed by atoms with van der Waals surface area (Å²) in [5, 5.41) is 3.77. The molecule has 3 aromatic rings. The van der Waals surface area contributed by atoms with E-state index in [-0.39, 0.29) is 17.9 Å². The van der Waals surface area contributed by atoms with Crippen molar-refractivity contribution in [2.75, 3.05) is 27.9 Å². The Labute approximate surface area is 168 Å². The van der Waals surface area contributed by atoms with E-state index < -0.39 is 0 Å². The zero-order valence-electron chi connectivity index (χ0n) is 16.7. The highest BCUT2D eigenvalue weighted by Crippen LogP contribution is 2.27. The van der Waals surface area contributed by atoms with Crippen molar-refractivity contribution in [3.63, 3.8) is 0 Å². The van der Waals surface area contributed by atoms with Crippen LogP contribution in [-0.4, -0.2) is 38.8 Å². The number of hydrogen-bond acceptors (Lipinski definition) is 5. The molecule has 7 heteroatoms. The summed E-state index contributed by atoms with van der Waals surface area (Å²) in [6, 6.07) is 12.7. The first-order chi connectivity index (χ1) is 14.0. The van der Waals surface area contributed by atoms with Gasteiger partial charge in [-0.2, -0.15) is 0 Å². The Morgan fingerprint density at radius 1 is 0.966 bits per heavy atom. The zero-order valence-corrected chi connectivity index (χ0v) is 16.7. The van der Waals surface area contributed by atoms with Crippen molar-refractivity contribution < 1.29 is 19.0 Å². The maximum atomic E-state index is 12.3. The van der Waals surface area contributed by atoms with Gasteiger partial charge in [0.2, 0.25) is 5.91 Å². The maximum absolute atomic E-state index is 12.3. The molecular formula is C22H24N2O5. The lowest BCUT2D eigenvalue weighted by Crippen LogP contribution is -2.28. The number of fused-ring (bicyclic) bond motifs is 1. The van der Waals surface area contributed by atoms with Gasteiger partial charge < -0.3 is 24.5 Å². The van der Waals surface area contributed by atoms with Gasteiger partial charge in [-0.3, -0.25) is 9.59 Å². The number of carbonyl (C=O) groups excluding carboxylic acids is 1. The summed E-state index contributed by atoms with van der Waals surface area (Å²) in [7, 11) is 4.70. The molecule has 0 aliphatic rings. The average Bonchev–Trinajstić information content (AvgIpc) is 2.73. The van der Waals surface area contributed by atoms with Crippen LogP contribution in [0.25, 0.3) is 10.9 Å². The van der Waals surface area contributed by atoms with Crippen molar-refractivity contribution in [1.29, 1.82) is 0 Å². The molecule has 0 aliphatic carbocycles. The third-order valence-electron chi connectivity index (χ3n) is 4.66. The fourth-order valence-corrected chi connectivity index (χ4v) is 3.11. The molecule has 0 atom stereocenters. The highest BCUT2D eigenvalue weighted by atomic mass is 16.5. The van der Waals surface area contributed by atoms with E-state index in [0.29, 0.717) is 35.8 Å². The summed E-state index contributed by atoms with van der Waals surface area (Å²) in [4.78, 5) is 27.4. The van der Waals surface area contributed by atoms with Crippen molar-refractivity contribution >= 4 is 16.8 Å². The van der Waals surface area contributed by atoms with Gasteiger partial charge in [0.25, 0.3) is 5.56 Å². The smallest absolute Gasteiger partial charge is 0.251 e. The number of hydrogen-bond donors (Lipinski definition) is 2. The molecular weight excluding hydrogens is 372 g/mol. The van der Waals surface area contributed by atoms with E-state index in [1.165, 1.54) is 0 Å². The minimum absolute atomic E-state index is 0.126. The van der Waals surface area contributed by atoms with Crippen molar-refractivity contribution in [2.45, 2.75) is 12.8 Å². The predicted octanol–water partition coefficient (Wildman–Crippen LogP) is 2.46. The molecule has 0 aliphatic heterocycles. The first-order valence-electron chi connectivity index (χ1n) is 9.21. The number of ether oxygens (including phenoxy) is 3. The normalized spacial score (nSPS) is 10.6. The fraction of sp³-hybridized carbons (Fsp3) is 0.273. The minimum Gasteiger partial charge on any atom is -0.497 e. The number of H-pyrrole nitrogens is 1. The lowest BCUT2D eigenvalue weighted by atomic mass is 10.1. The molecule has 0 fully saturated rings. The van der Waals surface area contributed by atoms with Crippen LogP contribution >= 0.6 is 0 Å². The quantitative estimate of drug-likeness (QED) is 0.611. The Morgan fingerprint density at radius 2 is 1.76 bits per heavy atom. The number of nitrogens with one attached hydrogen (secondary N) is 2. The minimum atomic E-state index is -0.167. The molecule has 2 aromatic carbocycles. The third kappa shape index (κ3) is 4.87. The molecule has 1 aromatic heterocycles. The fourth-order valence-electron chi connectivity index (χ4n) is 3.11. The van der Waals surface area contributed by atoms with E-state index >= 15 is 0 Å². The molecule has 3 rings (SSSR count). The number of amides is 1. The van der Waals surface area contributed by atoms with Gasteiger partial charge in [-0.1, -0.05) is 6.07 Å². The Balaban J connectivity index is 1.60. The van der Waals surface area contributed by atoms with Gasteiger partial charge >= 0.3 is 0 Å². The first kappa shape index (κ1) is 20.3. The van der Waals surface area contributed by atoms with Crippen LogP contribution in [-0.2, 0) is 17.6 Å². The lowest BCUT2D eigenvalue weighted by molar-refractivity contribution is -0.120. The monoisotopic (exact) mass is 396 g/mol. The van der Waals surface area contributed by atoms with E-state index in [1.54, 1.807) is 39.5 Å².